The predicted molar refractivity (Wildman–Crippen MR) is 85.0 cm³/mol. The van der Waals surface area contributed by atoms with Crippen LogP contribution in [0.2, 0.25) is 0 Å². The summed E-state index contributed by atoms with van der Waals surface area (Å²) < 4.78 is 4.61. The molecule has 2 aliphatic rings. The lowest BCUT2D eigenvalue weighted by Crippen LogP contribution is -2.68. The number of amides is 3. The van der Waals surface area contributed by atoms with Crippen LogP contribution in [0.3, 0.4) is 0 Å². The van der Waals surface area contributed by atoms with E-state index in [1.165, 1.54) is 42.6 Å². The van der Waals surface area contributed by atoms with E-state index in [-0.39, 0.29) is 11.6 Å². The van der Waals surface area contributed by atoms with Gasteiger partial charge in [-0.05, 0) is 0 Å². The first kappa shape index (κ1) is 18.1. The number of aliphatic carboxylic acids is 1. The molecule has 1 saturated heterocycles. The molecule has 2 aliphatic heterocycles. The Morgan fingerprint density at radius 2 is 2.12 bits per heavy atom. The lowest BCUT2D eigenvalue weighted by atomic mass is 9.94. The van der Waals surface area contributed by atoms with Crippen LogP contribution in [0.4, 0.5) is 4.79 Å². The van der Waals surface area contributed by atoms with E-state index in [4.69, 9.17) is 0 Å². The molecule has 0 bridgehead atoms. The van der Waals surface area contributed by atoms with Gasteiger partial charge in [0.15, 0.2) is 0 Å². The van der Waals surface area contributed by atoms with Gasteiger partial charge in [0.1, 0.15) is 11.7 Å². The molecule has 24 heavy (non-hydrogen) atoms. The molecular formula is C14H19N3O6S. The monoisotopic (exact) mass is 357 g/mol. The van der Waals surface area contributed by atoms with Crippen molar-refractivity contribution >= 4 is 35.6 Å². The van der Waals surface area contributed by atoms with Crippen molar-refractivity contribution in [2.24, 2.45) is 0 Å². The largest absolute Gasteiger partial charge is 0.477 e. The molecule has 9 nitrogen and oxygen atoms in total. The third-order valence-corrected chi connectivity index (χ3v) is 5.04. The highest BCUT2D eigenvalue weighted by molar-refractivity contribution is 8.03. The Morgan fingerprint density at radius 1 is 1.46 bits per heavy atom. The quantitative estimate of drug-likeness (QED) is 0.501. The van der Waals surface area contributed by atoms with Gasteiger partial charge in [-0.25, -0.2) is 9.59 Å². The summed E-state index contributed by atoms with van der Waals surface area (Å²) in [5.74, 6) is -1.26. The summed E-state index contributed by atoms with van der Waals surface area (Å²) in [6, 6.07) is -1.11. The lowest BCUT2D eigenvalue weighted by molar-refractivity contribution is -0.155. The molecule has 0 aromatic carbocycles. The Kier molecular flexibility index (Phi) is 5.37. The van der Waals surface area contributed by atoms with E-state index in [0.29, 0.717) is 23.6 Å². The summed E-state index contributed by atoms with van der Waals surface area (Å²) in [6.07, 6.45) is -0.277. The summed E-state index contributed by atoms with van der Waals surface area (Å²) in [7, 11) is 2.67. The van der Waals surface area contributed by atoms with Crippen LogP contribution in [0.5, 0.6) is 0 Å². The van der Waals surface area contributed by atoms with Gasteiger partial charge in [0.25, 0.3) is 5.91 Å². The van der Waals surface area contributed by atoms with Gasteiger partial charge in [0.05, 0.1) is 13.2 Å². The number of thioether (sulfide) groups is 1. The third-order valence-electron chi connectivity index (χ3n) is 3.92. The molecule has 2 atom stereocenters. The van der Waals surface area contributed by atoms with Crippen molar-refractivity contribution in [3.63, 3.8) is 0 Å². The number of carbonyl (C=O) groups is 4. The Hall–Kier alpha value is -2.23. The number of carboxylic acids is 1. The minimum atomic E-state index is -1.17. The molecular weight excluding hydrogens is 338 g/mol. The van der Waals surface area contributed by atoms with Crippen LogP contribution < -0.4 is 5.32 Å². The molecule has 0 unspecified atom stereocenters. The van der Waals surface area contributed by atoms with Crippen molar-refractivity contribution in [3.05, 3.63) is 10.6 Å². The smallest absolute Gasteiger partial charge is 0.409 e. The van der Waals surface area contributed by atoms with E-state index in [0.717, 1.165) is 0 Å². The number of likely N-dealkylation sites (N-methyl/N-ethyl adjacent to an activating group) is 1. The van der Waals surface area contributed by atoms with Crippen LogP contribution in [0.1, 0.15) is 13.3 Å². The average molecular weight is 357 g/mol. The highest BCUT2D eigenvalue weighted by atomic mass is 32.2. The van der Waals surface area contributed by atoms with E-state index in [1.807, 2.05) is 0 Å². The Bertz CT molecular complexity index is 620. The minimum Gasteiger partial charge on any atom is -0.477 e. The molecule has 0 aromatic heterocycles. The van der Waals surface area contributed by atoms with Crippen molar-refractivity contribution in [2.45, 2.75) is 25.4 Å². The topological polar surface area (TPSA) is 116 Å². The maximum absolute atomic E-state index is 12.3. The van der Waals surface area contributed by atoms with Gasteiger partial charge in [-0.15, -0.1) is 11.8 Å². The number of hydrogen-bond donors (Lipinski definition) is 2. The number of nitrogens with zero attached hydrogens (tertiary/aromatic N) is 2. The summed E-state index contributed by atoms with van der Waals surface area (Å²) in [4.78, 5) is 49.3. The van der Waals surface area contributed by atoms with Gasteiger partial charge in [-0.1, -0.05) is 0 Å². The number of ether oxygens (including phenoxy) is 1. The third kappa shape index (κ3) is 3.18. The molecule has 3 amide bonds. The second kappa shape index (κ2) is 7.12. The SMILES string of the molecule is COC(=O)N(C)[C@H]1C(=O)N2C(C(=O)O)=C(SCCNC(C)=O)C[C@H]12. The van der Waals surface area contributed by atoms with Crippen molar-refractivity contribution in [3.8, 4) is 0 Å². The Labute approximate surface area is 143 Å². The summed E-state index contributed by atoms with van der Waals surface area (Å²) in [5.41, 5.74) is -0.0349. The molecule has 10 heteroatoms. The highest BCUT2D eigenvalue weighted by Gasteiger charge is 2.57. The number of β-lactam (4-membered cyclic amide) rings is 1. The first-order valence-electron chi connectivity index (χ1n) is 7.27. The van der Waals surface area contributed by atoms with Crippen LogP contribution in [-0.4, -0.2) is 77.3 Å². The number of rotatable bonds is 6. The minimum absolute atomic E-state index is 0.0349. The number of hydrogen-bond acceptors (Lipinski definition) is 6. The second-order valence-electron chi connectivity index (χ2n) is 5.41. The van der Waals surface area contributed by atoms with Crippen LogP contribution in [-0.2, 0) is 19.1 Å². The fraction of sp³-hybridized carbons (Fsp3) is 0.571. The first-order chi connectivity index (χ1) is 11.3. The van der Waals surface area contributed by atoms with Crippen molar-refractivity contribution in [1.29, 1.82) is 0 Å². The molecule has 0 radical (unpaired) electrons. The van der Waals surface area contributed by atoms with Gasteiger partial charge >= 0.3 is 12.1 Å². The normalized spacial score (nSPS) is 22.0. The molecule has 0 aromatic rings. The molecule has 2 N–H and O–H groups in total. The number of fused-ring (bicyclic) bond motifs is 1. The maximum Gasteiger partial charge on any atom is 0.409 e. The van der Waals surface area contributed by atoms with Crippen molar-refractivity contribution in [1.82, 2.24) is 15.1 Å². The number of carboxylic acid groups (broad SMARTS) is 1. The van der Waals surface area contributed by atoms with E-state index in [2.05, 4.69) is 10.1 Å². The zero-order valence-electron chi connectivity index (χ0n) is 13.6. The summed E-state index contributed by atoms with van der Waals surface area (Å²) >= 11 is 1.30. The van der Waals surface area contributed by atoms with Crippen LogP contribution in [0, 0.1) is 0 Å². The number of carbonyl (C=O) groups excluding carboxylic acids is 3. The number of methoxy groups -OCH3 is 1. The number of nitrogens with one attached hydrogen (secondary N) is 1. The Balaban J connectivity index is 2.08. The zero-order valence-corrected chi connectivity index (χ0v) is 14.4. The molecule has 0 aliphatic carbocycles. The molecule has 0 saturated carbocycles. The van der Waals surface area contributed by atoms with Crippen molar-refractivity contribution < 1.29 is 29.0 Å². The highest BCUT2D eigenvalue weighted by Crippen LogP contribution is 2.44. The fourth-order valence-corrected chi connectivity index (χ4v) is 3.92. The second-order valence-corrected chi connectivity index (χ2v) is 6.60. The van der Waals surface area contributed by atoms with E-state index < -0.39 is 30.1 Å². The van der Waals surface area contributed by atoms with Gasteiger partial charge in [0.2, 0.25) is 5.91 Å². The maximum atomic E-state index is 12.3. The van der Waals surface area contributed by atoms with Crippen LogP contribution in [0.25, 0.3) is 0 Å². The molecule has 0 spiro atoms. The summed E-state index contributed by atoms with van der Waals surface area (Å²) in [6.45, 7) is 1.81. The van der Waals surface area contributed by atoms with E-state index in [1.54, 1.807) is 0 Å². The fourth-order valence-electron chi connectivity index (χ4n) is 2.86. The zero-order chi connectivity index (χ0) is 18.0. The van der Waals surface area contributed by atoms with Gasteiger partial charge < -0.3 is 15.2 Å². The van der Waals surface area contributed by atoms with Crippen LogP contribution >= 0.6 is 11.8 Å². The Morgan fingerprint density at radius 3 is 2.67 bits per heavy atom. The lowest BCUT2D eigenvalue weighted by Gasteiger charge is -2.46. The summed E-state index contributed by atoms with van der Waals surface area (Å²) in [5, 5.41) is 12.0. The predicted octanol–water partition coefficient (Wildman–Crippen LogP) is -0.167. The molecule has 1 fully saturated rings. The first-order valence-corrected chi connectivity index (χ1v) is 8.25. The molecule has 132 valence electrons. The molecule has 2 heterocycles. The van der Waals surface area contributed by atoms with Gasteiger partial charge in [0, 0.05) is 37.6 Å². The van der Waals surface area contributed by atoms with Crippen LogP contribution in [0.15, 0.2) is 10.6 Å². The standard InChI is InChI=1S/C14H19N3O6S/c1-7(18)15-4-5-24-9-6-8-10(16(2)14(22)23-3)12(19)17(8)11(9)13(20)21/h8,10H,4-6H2,1-3H3,(H,15,18)(H,20,21)/t8-,10-/m1/s1. The van der Waals surface area contributed by atoms with E-state index in [9.17, 15) is 24.3 Å². The van der Waals surface area contributed by atoms with Crippen molar-refractivity contribution in [2.75, 3.05) is 26.5 Å². The average Bonchev–Trinajstić information content (AvgIpc) is 2.85. The van der Waals surface area contributed by atoms with E-state index >= 15 is 0 Å². The van der Waals surface area contributed by atoms with Gasteiger partial charge in [-0.3, -0.25) is 19.4 Å². The molecule has 2 rings (SSSR count). The van der Waals surface area contributed by atoms with Gasteiger partial charge in [-0.2, -0.15) is 0 Å².